The summed E-state index contributed by atoms with van der Waals surface area (Å²) in [4.78, 5) is 11.8. The first-order valence-electron chi connectivity index (χ1n) is 8.42. The highest BCUT2D eigenvalue weighted by molar-refractivity contribution is 6.31. The van der Waals surface area contributed by atoms with E-state index in [9.17, 15) is 4.79 Å². The minimum Gasteiger partial charge on any atom is -0.468 e. The van der Waals surface area contributed by atoms with E-state index in [1.165, 1.54) is 7.11 Å². The highest BCUT2D eigenvalue weighted by Gasteiger charge is 2.43. The van der Waals surface area contributed by atoms with Crippen LogP contribution in [0.1, 0.15) is 17.5 Å². The third-order valence-electron chi connectivity index (χ3n) is 5.00. The third-order valence-corrected chi connectivity index (χ3v) is 5.24. The number of rotatable bonds is 5. The fraction of sp³-hybridized carbons (Fsp3) is 0.286. The van der Waals surface area contributed by atoms with Crippen LogP contribution >= 0.6 is 11.6 Å². The first kappa shape index (κ1) is 18.6. The number of hydrogen-bond acceptors (Lipinski definition) is 4. The molecule has 0 amide bonds. The van der Waals surface area contributed by atoms with Gasteiger partial charge in [0.05, 0.1) is 7.11 Å². The molecule has 1 aliphatic heterocycles. The van der Waals surface area contributed by atoms with E-state index < -0.39 is 5.60 Å². The minimum absolute atomic E-state index is 0.268. The Balaban J connectivity index is 1.91. The number of carbonyl (C=O) groups excluding carboxylic acids is 1. The average Bonchev–Trinajstić information content (AvgIpc) is 3.13. The second-order valence-corrected chi connectivity index (χ2v) is 6.81. The lowest BCUT2D eigenvalue weighted by molar-refractivity contribution is -0.143. The van der Waals surface area contributed by atoms with Crippen LogP contribution in [0.4, 0.5) is 0 Å². The lowest BCUT2D eigenvalue weighted by atomic mass is 9.89. The number of nitrogens with one attached hydrogen (secondary N) is 1. The van der Waals surface area contributed by atoms with Gasteiger partial charge in [-0.05, 0) is 34.4 Å². The number of hydrogen-bond donors (Lipinski definition) is 1. The standard InChI is InChI=1S/C21H22ClNO3/c1-4-14-7-10-17(22)11-18(14)15-5-8-16(9-6-15)21(26-3)12-19(23-13-21)20(24)25-2/h4-11,19,23H,1,12-13H2,2-3H3/t19-,21-/m0/s1. The van der Waals surface area contributed by atoms with E-state index in [0.717, 1.165) is 22.3 Å². The largest absolute Gasteiger partial charge is 0.468 e. The zero-order valence-electron chi connectivity index (χ0n) is 14.9. The molecule has 0 bridgehead atoms. The molecule has 0 spiro atoms. The van der Waals surface area contributed by atoms with Crippen molar-refractivity contribution in [3.63, 3.8) is 0 Å². The molecule has 2 aromatic rings. The quantitative estimate of drug-likeness (QED) is 0.806. The molecule has 0 aliphatic carbocycles. The number of ether oxygens (including phenoxy) is 2. The second kappa shape index (κ2) is 7.62. The Kier molecular flexibility index (Phi) is 5.47. The van der Waals surface area contributed by atoms with Crippen LogP contribution in [0, 0.1) is 0 Å². The number of esters is 1. The van der Waals surface area contributed by atoms with E-state index in [0.29, 0.717) is 18.0 Å². The molecule has 2 aromatic carbocycles. The molecule has 1 aliphatic rings. The van der Waals surface area contributed by atoms with Gasteiger partial charge in [-0.3, -0.25) is 4.79 Å². The van der Waals surface area contributed by atoms with Crippen LogP contribution in [0.25, 0.3) is 17.2 Å². The molecule has 1 saturated heterocycles. The van der Waals surface area contributed by atoms with Gasteiger partial charge in [0, 0.05) is 25.1 Å². The van der Waals surface area contributed by atoms with Gasteiger partial charge in [0.1, 0.15) is 11.6 Å². The van der Waals surface area contributed by atoms with Crippen molar-refractivity contribution >= 4 is 23.6 Å². The highest BCUT2D eigenvalue weighted by Crippen LogP contribution is 2.36. The van der Waals surface area contributed by atoms with Gasteiger partial charge >= 0.3 is 5.97 Å². The molecule has 0 saturated carbocycles. The molecule has 0 unspecified atom stereocenters. The monoisotopic (exact) mass is 371 g/mol. The first-order chi connectivity index (χ1) is 12.5. The predicted molar refractivity (Wildman–Crippen MR) is 104 cm³/mol. The van der Waals surface area contributed by atoms with Crippen LogP contribution in [0.15, 0.2) is 49.0 Å². The summed E-state index contributed by atoms with van der Waals surface area (Å²) in [6.07, 6.45) is 2.35. The third kappa shape index (κ3) is 3.40. The van der Waals surface area contributed by atoms with Gasteiger partial charge in [-0.1, -0.05) is 54.6 Å². The highest BCUT2D eigenvalue weighted by atomic mass is 35.5. The SMILES string of the molecule is C=Cc1ccc(Cl)cc1-c1ccc([C@@]2(OC)CN[C@H](C(=O)OC)C2)cc1. The fourth-order valence-corrected chi connectivity index (χ4v) is 3.65. The molecule has 1 N–H and O–H groups in total. The van der Waals surface area contributed by atoms with Crippen molar-refractivity contribution in [2.24, 2.45) is 0 Å². The van der Waals surface area contributed by atoms with Gasteiger partial charge in [-0.25, -0.2) is 0 Å². The summed E-state index contributed by atoms with van der Waals surface area (Å²) >= 11 is 6.16. The maximum absolute atomic E-state index is 11.8. The zero-order valence-corrected chi connectivity index (χ0v) is 15.7. The van der Waals surface area contributed by atoms with Gasteiger partial charge in [-0.2, -0.15) is 0 Å². The molecule has 2 atom stereocenters. The summed E-state index contributed by atoms with van der Waals surface area (Å²) in [6.45, 7) is 4.42. The fourth-order valence-electron chi connectivity index (χ4n) is 3.47. The average molecular weight is 372 g/mol. The van der Waals surface area contributed by atoms with Gasteiger partial charge in [0.15, 0.2) is 0 Å². The summed E-state index contributed by atoms with van der Waals surface area (Å²) in [7, 11) is 3.07. The summed E-state index contributed by atoms with van der Waals surface area (Å²) < 4.78 is 10.7. The molecule has 1 heterocycles. The molecule has 0 aromatic heterocycles. The maximum atomic E-state index is 11.8. The first-order valence-corrected chi connectivity index (χ1v) is 8.80. The van der Waals surface area contributed by atoms with Crippen LogP contribution in [0.5, 0.6) is 0 Å². The molecule has 1 fully saturated rings. The molecule has 26 heavy (non-hydrogen) atoms. The van der Waals surface area contributed by atoms with E-state index in [1.807, 2.05) is 48.5 Å². The van der Waals surface area contributed by atoms with Crippen molar-refractivity contribution in [3.05, 3.63) is 65.2 Å². The Morgan fingerprint density at radius 2 is 2.00 bits per heavy atom. The number of halogens is 1. The Bertz CT molecular complexity index is 819. The second-order valence-electron chi connectivity index (χ2n) is 6.37. The van der Waals surface area contributed by atoms with E-state index in [4.69, 9.17) is 21.1 Å². The van der Waals surface area contributed by atoms with Crippen molar-refractivity contribution in [2.75, 3.05) is 20.8 Å². The maximum Gasteiger partial charge on any atom is 0.322 e. The van der Waals surface area contributed by atoms with Crippen LogP contribution < -0.4 is 5.32 Å². The van der Waals surface area contributed by atoms with Crippen molar-refractivity contribution in [1.29, 1.82) is 0 Å². The molecular weight excluding hydrogens is 350 g/mol. The number of carbonyl (C=O) groups is 1. The Hall–Kier alpha value is -2.14. The van der Waals surface area contributed by atoms with Gasteiger partial charge in [0.25, 0.3) is 0 Å². The molecule has 5 heteroatoms. The smallest absolute Gasteiger partial charge is 0.322 e. The minimum atomic E-state index is -0.549. The molecule has 4 nitrogen and oxygen atoms in total. The number of methoxy groups -OCH3 is 2. The Labute approximate surface area is 158 Å². The van der Waals surface area contributed by atoms with Crippen LogP contribution in [0.3, 0.4) is 0 Å². The van der Waals surface area contributed by atoms with E-state index >= 15 is 0 Å². The van der Waals surface area contributed by atoms with Crippen molar-refractivity contribution in [3.8, 4) is 11.1 Å². The molecule has 136 valence electrons. The van der Waals surface area contributed by atoms with E-state index in [1.54, 1.807) is 7.11 Å². The summed E-state index contributed by atoms with van der Waals surface area (Å²) in [5.74, 6) is -0.268. The van der Waals surface area contributed by atoms with Crippen LogP contribution in [-0.2, 0) is 19.9 Å². The van der Waals surface area contributed by atoms with Crippen LogP contribution in [-0.4, -0.2) is 32.8 Å². The van der Waals surface area contributed by atoms with Crippen molar-refractivity contribution in [2.45, 2.75) is 18.1 Å². The summed E-state index contributed by atoms with van der Waals surface area (Å²) in [5.41, 5.74) is 3.57. The molecule has 3 rings (SSSR count). The number of benzene rings is 2. The van der Waals surface area contributed by atoms with E-state index in [-0.39, 0.29) is 12.0 Å². The van der Waals surface area contributed by atoms with Gasteiger partial charge in [0.2, 0.25) is 0 Å². The Morgan fingerprint density at radius 1 is 1.27 bits per heavy atom. The van der Waals surface area contributed by atoms with Gasteiger partial charge < -0.3 is 14.8 Å². The predicted octanol–water partition coefficient (Wildman–Crippen LogP) is 4.03. The normalized spacial score (nSPS) is 22.2. The van der Waals surface area contributed by atoms with Crippen molar-refractivity contribution < 1.29 is 14.3 Å². The Morgan fingerprint density at radius 3 is 2.62 bits per heavy atom. The summed E-state index contributed by atoms with van der Waals surface area (Å²) in [5, 5.41) is 3.87. The van der Waals surface area contributed by atoms with E-state index in [2.05, 4.69) is 11.9 Å². The molecular formula is C21H22ClNO3. The van der Waals surface area contributed by atoms with Crippen LogP contribution in [0.2, 0.25) is 5.02 Å². The van der Waals surface area contributed by atoms with Crippen molar-refractivity contribution in [1.82, 2.24) is 5.32 Å². The molecule has 0 radical (unpaired) electrons. The lowest BCUT2D eigenvalue weighted by Crippen LogP contribution is -2.31. The topological polar surface area (TPSA) is 47.6 Å². The van der Waals surface area contributed by atoms with Gasteiger partial charge in [-0.15, -0.1) is 0 Å². The zero-order chi connectivity index (χ0) is 18.7. The lowest BCUT2D eigenvalue weighted by Gasteiger charge is -2.27. The summed E-state index contributed by atoms with van der Waals surface area (Å²) in [6, 6.07) is 13.5.